The Hall–Kier alpha value is -5.76. The highest BCUT2D eigenvalue weighted by molar-refractivity contribution is 6.23. The first-order valence-electron chi connectivity index (χ1n) is 18.4. The van der Waals surface area contributed by atoms with Crippen LogP contribution in [0.2, 0.25) is 0 Å². The van der Waals surface area contributed by atoms with E-state index in [-0.39, 0.29) is 18.4 Å². The Morgan fingerprint density at radius 2 is 1.52 bits per heavy atom. The molecule has 5 aromatic rings. The maximum Gasteiger partial charge on any atom is 0.319 e. The molecule has 0 aliphatic carbocycles. The van der Waals surface area contributed by atoms with Crippen molar-refractivity contribution in [1.29, 1.82) is 0 Å². The van der Waals surface area contributed by atoms with E-state index in [9.17, 15) is 28.0 Å². The number of fused-ring (bicyclic) bond motifs is 4. The predicted molar refractivity (Wildman–Crippen MR) is 198 cm³/mol. The lowest BCUT2D eigenvalue weighted by molar-refractivity contribution is -0.136. The number of carbonyl (C=O) groups is 4. The summed E-state index contributed by atoms with van der Waals surface area (Å²) in [6.07, 6.45) is 7.31. The van der Waals surface area contributed by atoms with Gasteiger partial charge < -0.3 is 9.80 Å². The van der Waals surface area contributed by atoms with Crippen molar-refractivity contribution in [2.24, 2.45) is 5.92 Å². The van der Waals surface area contributed by atoms with Crippen LogP contribution in [0.15, 0.2) is 73.2 Å². The number of piperidine rings is 2. The molecular weight excluding hydrogens is 694 g/mol. The second kappa shape index (κ2) is 13.6. The summed E-state index contributed by atoms with van der Waals surface area (Å²) < 4.78 is 29.3. The zero-order valence-corrected chi connectivity index (χ0v) is 29.5. The number of pyridine rings is 2. The van der Waals surface area contributed by atoms with E-state index in [2.05, 4.69) is 25.0 Å². The van der Waals surface area contributed by atoms with Crippen LogP contribution in [0.4, 0.5) is 20.3 Å². The number of amides is 4. The fraction of sp³-hybridized carbons (Fsp3) is 0.350. The number of hydrogen-bond acceptors (Lipinski definition) is 9. The monoisotopic (exact) mass is 732 g/mol. The molecule has 0 radical (unpaired) electrons. The molecule has 1 unspecified atom stereocenters. The molecule has 3 aromatic heterocycles. The number of imide groups is 2. The summed E-state index contributed by atoms with van der Waals surface area (Å²) in [6.45, 7) is 3.51. The number of piperazine rings is 1. The van der Waals surface area contributed by atoms with E-state index < -0.39 is 36.2 Å². The molecule has 4 aliphatic heterocycles. The van der Waals surface area contributed by atoms with Gasteiger partial charge in [-0.05, 0) is 73.2 Å². The molecule has 7 heterocycles. The highest BCUT2D eigenvalue weighted by Crippen LogP contribution is 2.36. The first kappa shape index (κ1) is 34.0. The fourth-order valence-electron chi connectivity index (χ4n) is 8.58. The van der Waals surface area contributed by atoms with Crippen molar-refractivity contribution < 1.29 is 28.0 Å². The number of benzene rings is 2. The van der Waals surface area contributed by atoms with E-state index in [1.165, 1.54) is 6.20 Å². The minimum Gasteiger partial charge on any atom is -0.369 e. The third kappa shape index (κ3) is 5.94. The van der Waals surface area contributed by atoms with Crippen molar-refractivity contribution in [3.8, 4) is 11.1 Å². The lowest BCUT2D eigenvalue weighted by Gasteiger charge is -2.40. The van der Waals surface area contributed by atoms with Gasteiger partial charge in [-0.3, -0.25) is 43.8 Å². The summed E-state index contributed by atoms with van der Waals surface area (Å²) in [6, 6.07) is 15.6. The number of anilines is 2. The van der Waals surface area contributed by atoms with Gasteiger partial charge in [-0.1, -0.05) is 12.1 Å². The number of aromatic nitrogens is 3. The minimum atomic E-state index is -2.67. The van der Waals surface area contributed by atoms with Crippen LogP contribution in [0.1, 0.15) is 52.9 Å². The number of carbonyl (C=O) groups excluding carboxylic acids is 4. The Morgan fingerprint density at radius 3 is 2.26 bits per heavy atom. The summed E-state index contributed by atoms with van der Waals surface area (Å²) in [5.74, 6) is -0.514. The third-order valence-electron chi connectivity index (χ3n) is 11.5. The number of nitrogens with one attached hydrogen (secondary N) is 1. The molecule has 0 bridgehead atoms. The van der Waals surface area contributed by atoms with Crippen molar-refractivity contribution >= 4 is 56.9 Å². The third-order valence-corrected chi connectivity index (χ3v) is 11.5. The lowest BCUT2D eigenvalue weighted by atomic mass is 9.95. The molecule has 12 nitrogen and oxygen atoms in total. The van der Waals surface area contributed by atoms with E-state index in [1.54, 1.807) is 30.5 Å². The van der Waals surface area contributed by atoms with Crippen LogP contribution < -0.4 is 15.1 Å². The molecule has 9 rings (SSSR count). The lowest BCUT2D eigenvalue weighted by Crippen LogP contribution is -2.54. The Labute approximate surface area is 309 Å². The minimum absolute atomic E-state index is 0.0881. The topological polar surface area (TPSA) is 124 Å². The average Bonchev–Trinajstić information content (AvgIpc) is 3.65. The molecule has 2 aromatic carbocycles. The molecule has 1 N–H and O–H groups in total. The second-order valence-electron chi connectivity index (χ2n) is 14.6. The van der Waals surface area contributed by atoms with E-state index in [0.29, 0.717) is 27.9 Å². The first-order valence-corrected chi connectivity index (χ1v) is 18.4. The van der Waals surface area contributed by atoms with Gasteiger partial charge in [0.25, 0.3) is 11.8 Å². The Morgan fingerprint density at radius 1 is 0.741 bits per heavy atom. The van der Waals surface area contributed by atoms with Gasteiger partial charge in [-0.15, -0.1) is 0 Å². The molecule has 54 heavy (non-hydrogen) atoms. The number of rotatable bonds is 7. The maximum absolute atomic E-state index is 14.1. The van der Waals surface area contributed by atoms with E-state index in [4.69, 9.17) is 4.98 Å². The number of alkyl halides is 2. The van der Waals surface area contributed by atoms with Crippen LogP contribution in [-0.4, -0.2) is 99.8 Å². The van der Waals surface area contributed by atoms with Crippen LogP contribution in [0.5, 0.6) is 0 Å². The molecule has 276 valence electrons. The molecule has 0 saturated carbocycles. The Bertz CT molecular complexity index is 2310. The van der Waals surface area contributed by atoms with E-state index >= 15 is 0 Å². The summed E-state index contributed by atoms with van der Waals surface area (Å²) in [7, 11) is 0. The standard InChI is InChI=1S/C40H38F2N8O4/c41-40(42)49-32-9-12-43-22-31(32)28-4-1-25(19-34(28)49)26-2-7-35(44-21-26)48-13-10-24(11-14-48)23-46-15-17-47(18-16-46)27-3-5-29-30(20-27)39(54)50(38(29)53)33-6-8-36(51)45-37(33)52/h1-5,7,9,12,19-22,24,33,40H,6,8,10-11,13-18,23H2,(H,45,51,52). The predicted octanol–water partition coefficient (Wildman–Crippen LogP) is 5.09. The van der Waals surface area contributed by atoms with Gasteiger partial charge in [0.15, 0.2) is 0 Å². The second-order valence-corrected chi connectivity index (χ2v) is 14.6. The van der Waals surface area contributed by atoms with Crippen molar-refractivity contribution in [1.82, 2.24) is 29.7 Å². The van der Waals surface area contributed by atoms with Crippen molar-refractivity contribution in [3.63, 3.8) is 0 Å². The van der Waals surface area contributed by atoms with E-state index in [0.717, 1.165) is 96.1 Å². The van der Waals surface area contributed by atoms with Gasteiger partial charge in [0, 0.05) is 92.8 Å². The van der Waals surface area contributed by atoms with Crippen LogP contribution in [0.25, 0.3) is 32.9 Å². The zero-order chi connectivity index (χ0) is 37.1. The van der Waals surface area contributed by atoms with Crippen LogP contribution >= 0.6 is 0 Å². The fourth-order valence-corrected chi connectivity index (χ4v) is 8.58. The average molecular weight is 733 g/mol. The summed E-state index contributed by atoms with van der Waals surface area (Å²) >= 11 is 0. The highest BCUT2D eigenvalue weighted by Gasteiger charge is 2.45. The van der Waals surface area contributed by atoms with Crippen LogP contribution in [-0.2, 0) is 9.59 Å². The number of halogens is 2. The van der Waals surface area contributed by atoms with Crippen molar-refractivity contribution in [3.05, 3.63) is 84.3 Å². The maximum atomic E-state index is 14.1. The molecule has 3 fully saturated rings. The van der Waals surface area contributed by atoms with Gasteiger partial charge in [-0.2, -0.15) is 8.78 Å². The molecule has 0 spiro atoms. The van der Waals surface area contributed by atoms with Gasteiger partial charge in [0.05, 0.1) is 22.2 Å². The molecule has 1 atom stereocenters. The van der Waals surface area contributed by atoms with Crippen molar-refractivity contribution in [2.75, 3.05) is 55.6 Å². The summed E-state index contributed by atoms with van der Waals surface area (Å²) in [5, 5.41) is 3.68. The first-order chi connectivity index (χ1) is 26.2. The molecule has 4 amide bonds. The zero-order valence-electron chi connectivity index (χ0n) is 29.5. The van der Waals surface area contributed by atoms with E-state index in [1.807, 2.05) is 36.5 Å². The van der Waals surface area contributed by atoms with Gasteiger partial charge in [0.2, 0.25) is 11.8 Å². The highest BCUT2D eigenvalue weighted by atomic mass is 19.3. The molecule has 14 heteroatoms. The smallest absolute Gasteiger partial charge is 0.319 e. The largest absolute Gasteiger partial charge is 0.369 e. The van der Waals surface area contributed by atoms with Gasteiger partial charge in [-0.25, -0.2) is 4.98 Å². The Kier molecular flexibility index (Phi) is 8.56. The van der Waals surface area contributed by atoms with Gasteiger partial charge >= 0.3 is 6.55 Å². The van der Waals surface area contributed by atoms with Crippen LogP contribution in [0, 0.1) is 5.92 Å². The molecule has 3 saturated heterocycles. The van der Waals surface area contributed by atoms with Crippen molar-refractivity contribution in [2.45, 2.75) is 38.3 Å². The summed E-state index contributed by atoms with van der Waals surface area (Å²) in [4.78, 5) is 67.4. The summed E-state index contributed by atoms with van der Waals surface area (Å²) in [5.41, 5.74) is 4.09. The Balaban J connectivity index is 0.782. The van der Waals surface area contributed by atoms with Crippen LogP contribution in [0.3, 0.4) is 0 Å². The number of hydrogen-bond donors (Lipinski definition) is 1. The number of nitrogens with zero attached hydrogens (tertiary/aromatic N) is 7. The SMILES string of the molecule is O=C1CCC(N2C(=O)c3ccc(N4CCN(CC5CCN(c6ccc(-c7ccc8c9cnccc9n(C(F)F)c8c7)cn6)CC5)CC4)cc3C2=O)C(=O)N1. The quantitative estimate of drug-likeness (QED) is 0.228. The molecular formula is C40H38F2N8O4. The normalized spacial score (nSPS) is 20.1. The molecule has 4 aliphatic rings. The van der Waals surface area contributed by atoms with Gasteiger partial charge in [0.1, 0.15) is 11.9 Å².